The molecule has 2 N–H and O–H groups in total. The third-order valence-electron chi connectivity index (χ3n) is 3.52. The second-order valence-electron chi connectivity index (χ2n) is 5.06. The molecule has 0 amide bonds. The van der Waals surface area contributed by atoms with Crippen molar-refractivity contribution in [3.63, 3.8) is 0 Å². The molecule has 1 saturated heterocycles. The molecule has 3 rings (SSSR count). The molecule has 1 aliphatic heterocycles. The van der Waals surface area contributed by atoms with E-state index in [0.717, 1.165) is 30.7 Å². The molecule has 5 heteroatoms. The van der Waals surface area contributed by atoms with E-state index in [1.807, 2.05) is 30.1 Å². The Hall–Kier alpha value is -1.75. The third-order valence-corrected chi connectivity index (χ3v) is 3.52. The number of hydrogen-bond acceptors (Lipinski definition) is 5. The van der Waals surface area contributed by atoms with E-state index in [9.17, 15) is 0 Å². The fourth-order valence-electron chi connectivity index (χ4n) is 2.46. The Bertz CT molecular complexity index is 561. The highest BCUT2D eigenvalue weighted by molar-refractivity contribution is 5.86. The summed E-state index contributed by atoms with van der Waals surface area (Å²) < 4.78 is 11.5. The lowest BCUT2D eigenvalue weighted by atomic mass is 10.1. The molecule has 2 aromatic rings. The largest absolute Gasteiger partial charge is 0.423 e. The summed E-state index contributed by atoms with van der Waals surface area (Å²) in [4.78, 5) is 6.45. The molecule has 1 atom stereocenters. The van der Waals surface area contributed by atoms with Crippen LogP contribution in [0.1, 0.15) is 19.3 Å². The molecule has 0 radical (unpaired) electrons. The standard InChI is InChI=1S/C14H19N3O2/c1-17(9-10-5-2-3-8-18-10)14-16-13-11(15)6-4-7-12(13)19-14/h4,6-7,10H,2-3,5,8-9,15H2,1H3. The Balaban J connectivity index is 1.77. The van der Waals surface area contributed by atoms with Crippen LogP contribution in [-0.2, 0) is 4.74 Å². The van der Waals surface area contributed by atoms with Crippen LogP contribution in [0.5, 0.6) is 0 Å². The van der Waals surface area contributed by atoms with Gasteiger partial charge in [0.15, 0.2) is 5.58 Å². The number of nitrogens with zero attached hydrogens (tertiary/aromatic N) is 2. The maximum atomic E-state index is 5.89. The second kappa shape index (κ2) is 5.09. The number of rotatable bonds is 3. The van der Waals surface area contributed by atoms with E-state index in [4.69, 9.17) is 14.9 Å². The van der Waals surface area contributed by atoms with Crippen molar-refractivity contribution in [3.05, 3.63) is 18.2 Å². The Morgan fingerprint density at radius 3 is 3.05 bits per heavy atom. The van der Waals surface area contributed by atoms with Gasteiger partial charge >= 0.3 is 0 Å². The maximum Gasteiger partial charge on any atom is 0.298 e. The predicted octanol–water partition coefficient (Wildman–Crippen LogP) is 2.42. The molecule has 2 heterocycles. The van der Waals surface area contributed by atoms with Gasteiger partial charge in [0.2, 0.25) is 0 Å². The van der Waals surface area contributed by atoms with Crippen LogP contribution in [0.2, 0.25) is 0 Å². The molecule has 19 heavy (non-hydrogen) atoms. The molecule has 0 saturated carbocycles. The Morgan fingerprint density at radius 1 is 1.42 bits per heavy atom. The lowest BCUT2D eigenvalue weighted by Crippen LogP contribution is -2.33. The van der Waals surface area contributed by atoms with Crippen molar-refractivity contribution in [2.45, 2.75) is 25.4 Å². The minimum Gasteiger partial charge on any atom is -0.423 e. The van der Waals surface area contributed by atoms with Crippen LogP contribution < -0.4 is 10.6 Å². The van der Waals surface area contributed by atoms with Crippen molar-refractivity contribution < 1.29 is 9.15 Å². The number of oxazole rings is 1. The molecular formula is C14H19N3O2. The van der Waals surface area contributed by atoms with Gasteiger partial charge in [0, 0.05) is 20.2 Å². The number of hydrogen-bond donors (Lipinski definition) is 1. The van der Waals surface area contributed by atoms with Crippen molar-refractivity contribution in [3.8, 4) is 0 Å². The topological polar surface area (TPSA) is 64.5 Å². The Morgan fingerprint density at radius 2 is 2.32 bits per heavy atom. The zero-order chi connectivity index (χ0) is 13.2. The molecule has 1 aromatic carbocycles. The van der Waals surface area contributed by atoms with Gasteiger partial charge in [0.1, 0.15) is 5.52 Å². The van der Waals surface area contributed by atoms with Crippen molar-refractivity contribution in [2.75, 3.05) is 30.8 Å². The fraction of sp³-hybridized carbons (Fsp3) is 0.500. The lowest BCUT2D eigenvalue weighted by molar-refractivity contribution is 0.0211. The van der Waals surface area contributed by atoms with E-state index >= 15 is 0 Å². The number of likely N-dealkylation sites (N-methyl/N-ethyl adjacent to an activating group) is 1. The summed E-state index contributed by atoms with van der Waals surface area (Å²) in [6.07, 6.45) is 3.77. The summed E-state index contributed by atoms with van der Waals surface area (Å²) in [6, 6.07) is 6.19. The fourth-order valence-corrected chi connectivity index (χ4v) is 2.46. The first kappa shape index (κ1) is 12.3. The second-order valence-corrected chi connectivity index (χ2v) is 5.06. The first-order valence-corrected chi connectivity index (χ1v) is 6.72. The minimum atomic E-state index is 0.270. The van der Waals surface area contributed by atoms with Gasteiger partial charge in [0.25, 0.3) is 6.01 Å². The van der Waals surface area contributed by atoms with Crippen LogP contribution in [0.15, 0.2) is 22.6 Å². The van der Waals surface area contributed by atoms with E-state index in [1.54, 1.807) is 0 Å². The number of aromatic nitrogens is 1. The van der Waals surface area contributed by atoms with Crippen molar-refractivity contribution >= 4 is 22.8 Å². The predicted molar refractivity (Wildman–Crippen MR) is 75.3 cm³/mol. The zero-order valence-electron chi connectivity index (χ0n) is 11.1. The number of benzene rings is 1. The summed E-state index contributed by atoms with van der Waals surface area (Å²) in [6.45, 7) is 1.66. The highest BCUT2D eigenvalue weighted by Gasteiger charge is 2.19. The molecule has 1 aromatic heterocycles. The van der Waals surface area contributed by atoms with Crippen LogP contribution in [-0.4, -0.2) is 31.3 Å². The molecule has 1 fully saturated rings. The van der Waals surface area contributed by atoms with Gasteiger partial charge in [0.05, 0.1) is 11.8 Å². The monoisotopic (exact) mass is 261 g/mol. The molecule has 1 aliphatic rings. The van der Waals surface area contributed by atoms with Crippen molar-refractivity contribution in [2.24, 2.45) is 0 Å². The summed E-state index contributed by atoms with van der Waals surface area (Å²) in [5.74, 6) is 0. The third kappa shape index (κ3) is 2.51. The van der Waals surface area contributed by atoms with Gasteiger partial charge in [-0.15, -0.1) is 0 Å². The quantitative estimate of drug-likeness (QED) is 0.860. The van der Waals surface area contributed by atoms with Crippen LogP contribution in [0.25, 0.3) is 11.1 Å². The molecule has 102 valence electrons. The van der Waals surface area contributed by atoms with Crippen LogP contribution >= 0.6 is 0 Å². The number of nitrogen functional groups attached to an aromatic ring is 1. The van der Waals surface area contributed by atoms with Crippen molar-refractivity contribution in [1.29, 1.82) is 0 Å². The van der Waals surface area contributed by atoms with Gasteiger partial charge in [-0.05, 0) is 31.4 Å². The van der Waals surface area contributed by atoms with E-state index in [1.165, 1.54) is 12.8 Å². The number of fused-ring (bicyclic) bond motifs is 1. The normalized spacial score (nSPS) is 19.7. The molecule has 0 spiro atoms. The molecule has 0 aliphatic carbocycles. The highest BCUT2D eigenvalue weighted by Crippen LogP contribution is 2.26. The number of para-hydroxylation sites is 1. The smallest absolute Gasteiger partial charge is 0.298 e. The first-order valence-electron chi connectivity index (χ1n) is 6.72. The number of anilines is 2. The first-order chi connectivity index (χ1) is 9.24. The van der Waals surface area contributed by atoms with Gasteiger partial charge in [-0.1, -0.05) is 6.07 Å². The maximum absolute atomic E-state index is 5.89. The number of ether oxygens (including phenoxy) is 1. The summed E-state index contributed by atoms with van der Waals surface area (Å²) >= 11 is 0. The molecule has 0 bridgehead atoms. The molecule has 1 unspecified atom stereocenters. The Labute approximate surface area is 112 Å². The minimum absolute atomic E-state index is 0.270. The summed E-state index contributed by atoms with van der Waals surface area (Å²) in [7, 11) is 1.97. The number of nitrogens with two attached hydrogens (primary N) is 1. The lowest BCUT2D eigenvalue weighted by Gasteiger charge is -2.26. The average molecular weight is 261 g/mol. The van der Waals surface area contributed by atoms with Gasteiger partial charge in [-0.25, -0.2) is 0 Å². The van der Waals surface area contributed by atoms with E-state index in [0.29, 0.717) is 11.7 Å². The summed E-state index contributed by atoms with van der Waals surface area (Å²) in [5.41, 5.74) is 7.99. The van der Waals surface area contributed by atoms with Crippen molar-refractivity contribution in [1.82, 2.24) is 4.98 Å². The highest BCUT2D eigenvalue weighted by atomic mass is 16.5. The van der Waals surface area contributed by atoms with Gasteiger partial charge in [-0.3, -0.25) is 0 Å². The summed E-state index contributed by atoms with van der Waals surface area (Å²) in [5, 5.41) is 0. The van der Waals surface area contributed by atoms with E-state index in [2.05, 4.69) is 4.98 Å². The van der Waals surface area contributed by atoms with Gasteiger partial charge < -0.3 is 19.8 Å². The average Bonchev–Trinajstić information content (AvgIpc) is 2.85. The molecule has 5 nitrogen and oxygen atoms in total. The van der Waals surface area contributed by atoms with E-state index in [-0.39, 0.29) is 6.10 Å². The molecular weight excluding hydrogens is 242 g/mol. The van der Waals surface area contributed by atoms with Gasteiger partial charge in [-0.2, -0.15) is 4.98 Å². The van der Waals surface area contributed by atoms with Crippen LogP contribution in [0.4, 0.5) is 11.7 Å². The van der Waals surface area contributed by atoms with Crippen LogP contribution in [0, 0.1) is 0 Å². The zero-order valence-corrected chi connectivity index (χ0v) is 11.1. The van der Waals surface area contributed by atoms with Crippen LogP contribution in [0.3, 0.4) is 0 Å². The Kier molecular flexibility index (Phi) is 3.29. The SMILES string of the molecule is CN(CC1CCCCO1)c1nc2c(N)cccc2o1. The van der Waals surface area contributed by atoms with E-state index < -0.39 is 0 Å².